The van der Waals surface area contributed by atoms with Gasteiger partial charge in [-0.05, 0) is 62.8 Å². The number of piperidine rings is 1. The molecule has 2 unspecified atom stereocenters. The van der Waals surface area contributed by atoms with Gasteiger partial charge in [-0.3, -0.25) is 4.79 Å². The Morgan fingerprint density at radius 1 is 1.38 bits per heavy atom. The van der Waals surface area contributed by atoms with Gasteiger partial charge in [0.1, 0.15) is 5.75 Å². The van der Waals surface area contributed by atoms with E-state index in [2.05, 4.69) is 11.8 Å². The Morgan fingerprint density at radius 2 is 2.10 bits per heavy atom. The van der Waals surface area contributed by atoms with Gasteiger partial charge in [0.25, 0.3) is 0 Å². The van der Waals surface area contributed by atoms with Gasteiger partial charge >= 0.3 is 5.97 Å². The van der Waals surface area contributed by atoms with Crippen LogP contribution in [0.4, 0.5) is 0 Å². The molecule has 1 saturated heterocycles. The zero-order valence-electron chi connectivity index (χ0n) is 12.7. The summed E-state index contributed by atoms with van der Waals surface area (Å²) < 4.78 is 0. The molecule has 1 fully saturated rings. The fraction of sp³-hybridized carbons (Fsp3) is 0.588. The molecular formula is C17H25NO3. The number of aryl methyl sites for hydroxylation is 1. The highest BCUT2D eigenvalue weighted by atomic mass is 16.4. The summed E-state index contributed by atoms with van der Waals surface area (Å²) in [6, 6.07) is 7.85. The molecule has 21 heavy (non-hydrogen) atoms. The number of benzene rings is 1. The van der Waals surface area contributed by atoms with Crippen molar-refractivity contribution in [1.29, 1.82) is 0 Å². The SMILES string of the molecule is CC(CCc1ccc(O)cc1)N1CCCC(CC(=O)O)C1. The van der Waals surface area contributed by atoms with E-state index in [1.54, 1.807) is 12.1 Å². The van der Waals surface area contributed by atoms with Gasteiger partial charge in [0.15, 0.2) is 0 Å². The Morgan fingerprint density at radius 3 is 2.76 bits per heavy atom. The zero-order chi connectivity index (χ0) is 15.2. The molecular weight excluding hydrogens is 266 g/mol. The van der Waals surface area contributed by atoms with Crippen molar-refractivity contribution in [3.05, 3.63) is 29.8 Å². The molecule has 0 aromatic heterocycles. The summed E-state index contributed by atoms with van der Waals surface area (Å²) in [5, 5.41) is 18.2. The van der Waals surface area contributed by atoms with Crippen LogP contribution in [0.2, 0.25) is 0 Å². The molecule has 2 N–H and O–H groups in total. The Hall–Kier alpha value is -1.55. The van der Waals surface area contributed by atoms with Crippen molar-refractivity contribution in [1.82, 2.24) is 4.90 Å². The van der Waals surface area contributed by atoms with E-state index in [0.29, 0.717) is 24.1 Å². The van der Waals surface area contributed by atoms with E-state index in [9.17, 15) is 9.90 Å². The number of phenolic OH excluding ortho intramolecular Hbond substituents is 1. The molecule has 1 aromatic rings. The van der Waals surface area contributed by atoms with Crippen LogP contribution < -0.4 is 0 Å². The lowest BCUT2D eigenvalue weighted by atomic mass is 9.93. The van der Waals surface area contributed by atoms with Gasteiger partial charge in [-0.25, -0.2) is 0 Å². The second-order valence-corrected chi connectivity index (χ2v) is 6.16. The van der Waals surface area contributed by atoms with Crippen molar-refractivity contribution in [2.24, 2.45) is 5.92 Å². The van der Waals surface area contributed by atoms with E-state index < -0.39 is 5.97 Å². The van der Waals surface area contributed by atoms with Crippen LogP contribution in [0.15, 0.2) is 24.3 Å². The Bertz CT molecular complexity index is 458. The maximum absolute atomic E-state index is 10.8. The third kappa shape index (κ3) is 5.05. The van der Waals surface area contributed by atoms with E-state index in [4.69, 9.17) is 5.11 Å². The molecule has 0 saturated carbocycles. The molecule has 4 nitrogen and oxygen atoms in total. The van der Waals surface area contributed by atoms with Crippen molar-refractivity contribution in [3.8, 4) is 5.75 Å². The van der Waals surface area contributed by atoms with Crippen LogP contribution in [0.3, 0.4) is 0 Å². The number of rotatable bonds is 6. The number of hydrogen-bond acceptors (Lipinski definition) is 3. The second-order valence-electron chi connectivity index (χ2n) is 6.16. The molecule has 1 aliphatic rings. The fourth-order valence-electron chi connectivity index (χ4n) is 3.13. The number of carboxylic acids is 1. The average Bonchev–Trinajstić information content (AvgIpc) is 2.46. The van der Waals surface area contributed by atoms with E-state index in [-0.39, 0.29) is 0 Å². The number of aromatic hydroxyl groups is 1. The van der Waals surface area contributed by atoms with Crippen molar-refractivity contribution in [3.63, 3.8) is 0 Å². The van der Waals surface area contributed by atoms with Gasteiger partial charge in [-0.1, -0.05) is 12.1 Å². The van der Waals surface area contributed by atoms with Gasteiger partial charge in [0.05, 0.1) is 0 Å². The molecule has 0 radical (unpaired) electrons. The Labute approximate surface area is 126 Å². The van der Waals surface area contributed by atoms with Crippen LogP contribution >= 0.6 is 0 Å². The number of carboxylic acid groups (broad SMARTS) is 1. The highest BCUT2D eigenvalue weighted by Crippen LogP contribution is 2.23. The van der Waals surface area contributed by atoms with Crippen LogP contribution in [-0.4, -0.2) is 40.2 Å². The van der Waals surface area contributed by atoms with Crippen molar-refractivity contribution >= 4 is 5.97 Å². The summed E-state index contributed by atoms with van der Waals surface area (Å²) in [4.78, 5) is 13.3. The third-order valence-corrected chi connectivity index (χ3v) is 4.42. The van der Waals surface area contributed by atoms with E-state index in [0.717, 1.165) is 38.8 Å². The predicted octanol–water partition coefficient (Wildman–Crippen LogP) is 2.90. The minimum absolute atomic E-state index is 0.293. The van der Waals surface area contributed by atoms with Gasteiger partial charge < -0.3 is 15.1 Å². The van der Waals surface area contributed by atoms with Gasteiger partial charge in [-0.15, -0.1) is 0 Å². The first kappa shape index (κ1) is 15.8. The molecule has 1 aromatic carbocycles. The summed E-state index contributed by atoms with van der Waals surface area (Å²) in [5.41, 5.74) is 1.23. The van der Waals surface area contributed by atoms with Gasteiger partial charge in [0.2, 0.25) is 0 Å². The smallest absolute Gasteiger partial charge is 0.303 e. The lowest BCUT2D eigenvalue weighted by molar-refractivity contribution is -0.138. The average molecular weight is 291 g/mol. The molecule has 2 rings (SSSR count). The van der Waals surface area contributed by atoms with Crippen LogP contribution in [0, 0.1) is 5.92 Å². The van der Waals surface area contributed by atoms with Crippen LogP contribution in [0.5, 0.6) is 5.75 Å². The lowest BCUT2D eigenvalue weighted by Crippen LogP contribution is -2.42. The minimum Gasteiger partial charge on any atom is -0.508 e. The first-order valence-electron chi connectivity index (χ1n) is 7.78. The molecule has 2 atom stereocenters. The quantitative estimate of drug-likeness (QED) is 0.846. The summed E-state index contributed by atoms with van der Waals surface area (Å²) in [7, 11) is 0. The maximum atomic E-state index is 10.8. The van der Waals surface area contributed by atoms with Gasteiger partial charge in [-0.2, -0.15) is 0 Å². The normalized spacial score (nSPS) is 21.1. The minimum atomic E-state index is -0.682. The van der Waals surface area contributed by atoms with E-state index >= 15 is 0 Å². The van der Waals surface area contributed by atoms with Crippen LogP contribution in [-0.2, 0) is 11.2 Å². The van der Waals surface area contributed by atoms with Crippen LogP contribution in [0.1, 0.15) is 38.2 Å². The summed E-state index contributed by atoms with van der Waals surface area (Å²) in [6.45, 7) is 4.21. The Kier molecular flexibility index (Phi) is 5.62. The molecule has 116 valence electrons. The molecule has 1 heterocycles. The van der Waals surface area contributed by atoms with Crippen molar-refractivity contribution in [2.45, 2.75) is 45.1 Å². The van der Waals surface area contributed by atoms with Crippen molar-refractivity contribution < 1.29 is 15.0 Å². The topological polar surface area (TPSA) is 60.8 Å². The zero-order valence-corrected chi connectivity index (χ0v) is 12.7. The lowest BCUT2D eigenvalue weighted by Gasteiger charge is -2.36. The van der Waals surface area contributed by atoms with E-state index in [1.807, 2.05) is 12.1 Å². The number of phenols is 1. The molecule has 1 aliphatic heterocycles. The molecule has 0 amide bonds. The number of nitrogens with zero attached hydrogens (tertiary/aromatic N) is 1. The molecule has 0 bridgehead atoms. The molecule has 0 spiro atoms. The summed E-state index contributed by atoms with van der Waals surface area (Å²) >= 11 is 0. The first-order valence-corrected chi connectivity index (χ1v) is 7.78. The summed E-state index contributed by atoms with van der Waals surface area (Å²) in [5.74, 6) is -0.0784. The van der Waals surface area contributed by atoms with Crippen LogP contribution in [0.25, 0.3) is 0 Å². The molecule has 0 aliphatic carbocycles. The number of likely N-dealkylation sites (tertiary alicyclic amines) is 1. The monoisotopic (exact) mass is 291 g/mol. The van der Waals surface area contributed by atoms with E-state index in [1.165, 1.54) is 5.56 Å². The third-order valence-electron chi connectivity index (χ3n) is 4.42. The maximum Gasteiger partial charge on any atom is 0.303 e. The predicted molar refractivity (Wildman–Crippen MR) is 82.4 cm³/mol. The van der Waals surface area contributed by atoms with Crippen molar-refractivity contribution in [2.75, 3.05) is 13.1 Å². The number of hydrogen-bond donors (Lipinski definition) is 2. The standard InChI is InChI=1S/C17H25NO3/c1-13(4-5-14-6-8-16(19)9-7-14)18-10-2-3-15(12-18)11-17(20)21/h6-9,13,15,19H,2-5,10-12H2,1H3,(H,20,21). The first-order chi connectivity index (χ1) is 10.0. The number of aliphatic carboxylic acids is 1. The molecule has 4 heteroatoms. The fourth-order valence-corrected chi connectivity index (χ4v) is 3.13. The largest absolute Gasteiger partial charge is 0.508 e. The second kappa shape index (κ2) is 7.46. The number of carbonyl (C=O) groups is 1. The Balaban J connectivity index is 1.80. The van der Waals surface area contributed by atoms with Gasteiger partial charge in [0, 0.05) is 19.0 Å². The summed E-state index contributed by atoms with van der Waals surface area (Å²) in [6.07, 6.45) is 4.47. The highest BCUT2D eigenvalue weighted by molar-refractivity contribution is 5.67. The highest BCUT2D eigenvalue weighted by Gasteiger charge is 2.24.